The summed E-state index contributed by atoms with van der Waals surface area (Å²) in [5, 5.41) is 13.5. The average Bonchev–Trinajstić information content (AvgIpc) is 2.55. The molecule has 0 saturated heterocycles. The van der Waals surface area contributed by atoms with Gasteiger partial charge in [-0.2, -0.15) is 0 Å². The second-order valence-corrected chi connectivity index (χ2v) is 6.45. The van der Waals surface area contributed by atoms with Crippen LogP contribution in [0.15, 0.2) is 43.0 Å². The fourth-order valence-electron chi connectivity index (χ4n) is 1.97. The molecule has 3 amide bonds. The summed E-state index contributed by atoms with van der Waals surface area (Å²) in [7, 11) is 0. The van der Waals surface area contributed by atoms with Crippen molar-refractivity contribution < 1.29 is 24.2 Å². The van der Waals surface area contributed by atoms with Crippen LogP contribution in [0.2, 0.25) is 0 Å². The Bertz CT molecular complexity index is 640. The lowest BCUT2D eigenvalue weighted by atomic mass is 10.2. The Morgan fingerprint density at radius 3 is 2.31 bits per heavy atom. The normalized spacial score (nSPS) is 10.6. The number of aliphatic carboxylic acids is 1. The first-order chi connectivity index (χ1) is 12.1. The number of ether oxygens (including phenoxy) is 1. The lowest BCUT2D eigenvalue weighted by molar-refractivity contribution is -0.141. The Balaban J connectivity index is 2.94. The monoisotopic (exact) mass is 363 g/mol. The van der Waals surface area contributed by atoms with Crippen molar-refractivity contribution in [1.29, 1.82) is 0 Å². The summed E-state index contributed by atoms with van der Waals surface area (Å²) in [5.74, 6) is -1.28. The van der Waals surface area contributed by atoms with Crippen molar-refractivity contribution in [3.05, 3.63) is 48.6 Å². The van der Waals surface area contributed by atoms with E-state index >= 15 is 0 Å². The maximum Gasteiger partial charge on any atom is 0.430 e. The molecule has 8 heteroatoms. The first-order valence-corrected chi connectivity index (χ1v) is 8.06. The van der Waals surface area contributed by atoms with Crippen molar-refractivity contribution in [3.8, 4) is 0 Å². The fourth-order valence-corrected chi connectivity index (χ4v) is 1.97. The molecule has 0 unspecified atom stereocenters. The van der Waals surface area contributed by atoms with Crippen LogP contribution in [0.4, 0.5) is 9.59 Å². The van der Waals surface area contributed by atoms with Gasteiger partial charge in [-0.1, -0.05) is 36.4 Å². The van der Waals surface area contributed by atoms with Crippen LogP contribution in [-0.4, -0.2) is 51.9 Å². The highest BCUT2D eigenvalue weighted by Crippen LogP contribution is 2.12. The summed E-state index contributed by atoms with van der Waals surface area (Å²) in [6, 6.07) is 8.55. The number of carboxylic acids is 1. The number of amides is 3. The highest BCUT2D eigenvalue weighted by atomic mass is 16.6. The number of hydrogen-bond acceptors (Lipinski definition) is 4. The quantitative estimate of drug-likeness (QED) is 0.598. The van der Waals surface area contributed by atoms with Crippen LogP contribution in [0.25, 0.3) is 0 Å². The van der Waals surface area contributed by atoms with Gasteiger partial charge in [0, 0.05) is 6.54 Å². The van der Waals surface area contributed by atoms with E-state index < -0.39 is 30.2 Å². The highest BCUT2D eigenvalue weighted by Gasteiger charge is 2.31. The summed E-state index contributed by atoms with van der Waals surface area (Å²) in [5.41, 5.74) is 0.0234. The van der Waals surface area contributed by atoms with Crippen molar-refractivity contribution in [1.82, 2.24) is 15.3 Å². The predicted molar refractivity (Wildman–Crippen MR) is 96.2 cm³/mol. The molecule has 0 fully saturated rings. The van der Waals surface area contributed by atoms with Gasteiger partial charge < -0.3 is 15.2 Å². The van der Waals surface area contributed by atoms with Gasteiger partial charge in [0.15, 0.2) is 0 Å². The van der Waals surface area contributed by atoms with E-state index in [4.69, 9.17) is 9.84 Å². The minimum Gasteiger partial charge on any atom is -0.480 e. The molecule has 0 aromatic heterocycles. The van der Waals surface area contributed by atoms with E-state index in [1.165, 1.54) is 6.08 Å². The molecule has 0 radical (unpaired) electrons. The van der Waals surface area contributed by atoms with Gasteiger partial charge >= 0.3 is 18.1 Å². The van der Waals surface area contributed by atoms with E-state index in [2.05, 4.69) is 11.9 Å². The smallest absolute Gasteiger partial charge is 0.430 e. The average molecular weight is 363 g/mol. The zero-order chi connectivity index (χ0) is 19.7. The molecule has 0 saturated carbocycles. The maximum absolute atomic E-state index is 12.5. The number of nitrogens with zero attached hydrogens (tertiary/aromatic N) is 2. The number of hydrazine groups is 1. The first-order valence-electron chi connectivity index (χ1n) is 8.06. The summed E-state index contributed by atoms with van der Waals surface area (Å²) in [4.78, 5) is 36.1. The van der Waals surface area contributed by atoms with Crippen molar-refractivity contribution in [2.45, 2.75) is 32.9 Å². The second kappa shape index (κ2) is 9.45. The molecular weight excluding hydrogens is 338 g/mol. The molecule has 142 valence electrons. The van der Waals surface area contributed by atoms with Crippen LogP contribution in [0.5, 0.6) is 0 Å². The van der Waals surface area contributed by atoms with Gasteiger partial charge in [-0.3, -0.25) is 4.79 Å². The van der Waals surface area contributed by atoms with Gasteiger partial charge in [0.25, 0.3) is 0 Å². The lowest BCUT2D eigenvalue weighted by Crippen LogP contribution is -2.55. The molecule has 0 atom stereocenters. The van der Waals surface area contributed by atoms with Crippen LogP contribution in [0.1, 0.15) is 26.3 Å². The van der Waals surface area contributed by atoms with Crippen molar-refractivity contribution in [2.24, 2.45) is 0 Å². The van der Waals surface area contributed by atoms with E-state index in [0.29, 0.717) is 0 Å². The lowest BCUT2D eigenvalue weighted by Gasteiger charge is -2.34. The van der Waals surface area contributed by atoms with Gasteiger partial charge in [0.1, 0.15) is 12.1 Å². The number of nitrogens with one attached hydrogen (secondary N) is 1. The molecule has 0 bridgehead atoms. The third kappa shape index (κ3) is 7.25. The number of carbonyl (C=O) groups is 3. The Kier molecular flexibility index (Phi) is 7.64. The molecule has 8 nitrogen and oxygen atoms in total. The molecule has 1 aromatic carbocycles. The van der Waals surface area contributed by atoms with E-state index in [9.17, 15) is 14.4 Å². The van der Waals surface area contributed by atoms with E-state index in [1.807, 2.05) is 30.3 Å². The molecule has 1 rings (SSSR count). The van der Waals surface area contributed by atoms with E-state index in [1.54, 1.807) is 20.8 Å². The zero-order valence-corrected chi connectivity index (χ0v) is 15.3. The maximum atomic E-state index is 12.5. The van der Waals surface area contributed by atoms with Gasteiger partial charge in [0.2, 0.25) is 0 Å². The Hall–Kier alpha value is -3.03. The summed E-state index contributed by atoms with van der Waals surface area (Å²) < 4.78 is 5.21. The van der Waals surface area contributed by atoms with Gasteiger partial charge in [-0.05, 0) is 26.3 Å². The van der Waals surface area contributed by atoms with Gasteiger partial charge in [-0.25, -0.2) is 19.6 Å². The molecule has 0 heterocycles. The van der Waals surface area contributed by atoms with Crippen molar-refractivity contribution >= 4 is 18.1 Å². The van der Waals surface area contributed by atoms with Crippen LogP contribution >= 0.6 is 0 Å². The Morgan fingerprint density at radius 1 is 1.19 bits per heavy atom. The third-order valence-corrected chi connectivity index (χ3v) is 3.00. The highest BCUT2D eigenvalue weighted by molar-refractivity contribution is 5.81. The Morgan fingerprint density at radius 2 is 1.81 bits per heavy atom. The number of carboxylic acid groups (broad SMARTS) is 1. The number of rotatable bonds is 6. The predicted octanol–water partition coefficient (Wildman–Crippen LogP) is 2.62. The molecule has 0 spiro atoms. The van der Waals surface area contributed by atoms with Gasteiger partial charge in [-0.15, -0.1) is 6.58 Å². The van der Waals surface area contributed by atoms with Gasteiger partial charge in [0.05, 0.1) is 6.54 Å². The molecule has 1 aromatic rings. The van der Waals surface area contributed by atoms with Crippen LogP contribution < -0.4 is 5.32 Å². The number of carbonyl (C=O) groups excluding carboxylic acids is 2. The minimum absolute atomic E-state index is 0.0624. The Labute approximate surface area is 153 Å². The molecule has 0 aliphatic heterocycles. The molecule has 0 aliphatic carbocycles. The van der Waals surface area contributed by atoms with Crippen LogP contribution in [0.3, 0.4) is 0 Å². The fraction of sp³-hybridized carbons (Fsp3) is 0.389. The van der Waals surface area contributed by atoms with E-state index in [0.717, 1.165) is 15.6 Å². The molecule has 26 heavy (non-hydrogen) atoms. The third-order valence-electron chi connectivity index (χ3n) is 3.00. The number of benzene rings is 1. The minimum atomic E-state index is -1.28. The number of hydrogen-bond donors (Lipinski definition) is 2. The summed E-state index contributed by atoms with van der Waals surface area (Å²) in [6.45, 7) is 7.94. The first kappa shape index (κ1) is 21.0. The topological polar surface area (TPSA) is 99.2 Å². The molecule has 2 N–H and O–H groups in total. The summed E-state index contributed by atoms with van der Waals surface area (Å²) in [6.07, 6.45) is 0.457. The standard InChI is InChI=1S/C18H25N3O5/c1-5-11-20(16(24)19-12-14-9-7-6-8-10-14)21(13-15(22)23)17(25)26-18(2,3)4/h5-10H,1,11-13H2,2-4H3,(H,19,24)(H,22,23). The molecular formula is C18H25N3O5. The van der Waals surface area contributed by atoms with Crippen molar-refractivity contribution in [3.63, 3.8) is 0 Å². The van der Waals surface area contributed by atoms with Crippen LogP contribution in [0, 0.1) is 0 Å². The molecule has 0 aliphatic rings. The van der Waals surface area contributed by atoms with Crippen molar-refractivity contribution in [2.75, 3.05) is 13.1 Å². The second-order valence-electron chi connectivity index (χ2n) is 6.45. The SMILES string of the molecule is C=CCN(C(=O)NCc1ccccc1)N(CC(=O)O)C(=O)OC(C)(C)C. The zero-order valence-electron chi connectivity index (χ0n) is 15.3. The van der Waals surface area contributed by atoms with Crippen LogP contribution in [-0.2, 0) is 16.1 Å². The largest absolute Gasteiger partial charge is 0.480 e. The van der Waals surface area contributed by atoms with E-state index in [-0.39, 0.29) is 13.1 Å². The number of urea groups is 1. The summed E-state index contributed by atoms with van der Waals surface area (Å²) >= 11 is 0.